The maximum absolute atomic E-state index is 11.6. The summed E-state index contributed by atoms with van der Waals surface area (Å²) in [6.45, 7) is 3.01. The van der Waals surface area contributed by atoms with Crippen LogP contribution >= 0.6 is 23.8 Å². The highest BCUT2D eigenvalue weighted by atomic mass is 35.5. The second kappa shape index (κ2) is 6.76. The zero-order valence-corrected chi connectivity index (χ0v) is 15.7. The number of thiocarbonyl (C=S) groups is 1. The molecule has 0 bridgehead atoms. The minimum atomic E-state index is -3.29. The lowest BCUT2D eigenvalue weighted by atomic mass is 10.1. The van der Waals surface area contributed by atoms with E-state index in [-0.39, 0.29) is 15.8 Å². The van der Waals surface area contributed by atoms with Gasteiger partial charge in [0.2, 0.25) is 10.9 Å². The summed E-state index contributed by atoms with van der Waals surface area (Å²) in [6, 6.07) is 7.87. The summed E-state index contributed by atoms with van der Waals surface area (Å²) >= 11 is 11.1. The molecule has 0 saturated carbocycles. The molecule has 24 heavy (non-hydrogen) atoms. The minimum absolute atomic E-state index is 0.0358. The molecule has 128 valence electrons. The van der Waals surface area contributed by atoms with E-state index >= 15 is 0 Å². The average molecular weight is 386 g/mol. The third-order valence-corrected chi connectivity index (χ3v) is 5.02. The maximum Gasteiger partial charge on any atom is 0.228 e. The third kappa shape index (κ3) is 4.51. The van der Waals surface area contributed by atoms with Gasteiger partial charge in [-0.2, -0.15) is 0 Å². The Hall–Kier alpha value is -1.54. The number of rotatable bonds is 4. The van der Waals surface area contributed by atoms with Gasteiger partial charge in [0.15, 0.2) is 9.84 Å². The molecule has 0 amide bonds. The van der Waals surface area contributed by atoms with Crippen LogP contribution in [0.4, 0.5) is 0 Å². The maximum atomic E-state index is 11.6. The van der Waals surface area contributed by atoms with Crippen molar-refractivity contribution in [1.82, 2.24) is 4.98 Å². The first kappa shape index (κ1) is 18.8. The molecule has 2 rings (SSSR count). The Morgan fingerprint density at radius 1 is 1.29 bits per heavy atom. The number of aliphatic hydroxyl groups is 1. The number of sulfone groups is 1. The van der Waals surface area contributed by atoms with E-state index in [4.69, 9.17) is 28.6 Å². The van der Waals surface area contributed by atoms with Crippen molar-refractivity contribution in [3.63, 3.8) is 0 Å². The lowest BCUT2D eigenvalue weighted by Crippen LogP contribution is -2.33. The lowest BCUT2D eigenvalue weighted by Gasteiger charge is -2.19. The summed E-state index contributed by atoms with van der Waals surface area (Å²) in [5.74, 6) is 0.179. The van der Waals surface area contributed by atoms with Crippen LogP contribution in [0, 0.1) is 0 Å². The predicted molar refractivity (Wildman–Crippen MR) is 97.3 cm³/mol. The highest BCUT2D eigenvalue weighted by Crippen LogP contribution is 2.32. The van der Waals surface area contributed by atoms with Crippen LogP contribution in [0.5, 0.6) is 5.88 Å². The van der Waals surface area contributed by atoms with Crippen molar-refractivity contribution in [1.29, 1.82) is 0 Å². The van der Waals surface area contributed by atoms with E-state index in [9.17, 15) is 13.5 Å². The largest absolute Gasteiger partial charge is 0.428 e. The number of benzene rings is 1. The van der Waals surface area contributed by atoms with Gasteiger partial charge in [-0.05, 0) is 49.8 Å². The second-order valence-corrected chi connectivity index (χ2v) is 8.57. The molecule has 0 saturated heterocycles. The van der Waals surface area contributed by atoms with Crippen molar-refractivity contribution in [2.45, 2.75) is 24.3 Å². The first-order valence-corrected chi connectivity index (χ1v) is 9.57. The molecule has 1 heterocycles. The van der Waals surface area contributed by atoms with Crippen LogP contribution in [0.3, 0.4) is 0 Å². The predicted octanol–water partition coefficient (Wildman–Crippen LogP) is 3.28. The normalized spacial score (nSPS) is 12.0. The smallest absolute Gasteiger partial charge is 0.228 e. The van der Waals surface area contributed by atoms with Crippen LogP contribution < -0.4 is 4.74 Å². The van der Waals surface area contributed by atoms with Gasteiger partial charge >= 0.3 is 0 Å². The van der Waals surface area contributed by atoms with Gasteiger partial charge in [0.25, 0.3) is 0 Å². The number of hydrogen-bond acceptors (Lipinski definition) is 6. The molecule has 1 aromatic heterocycles. The Bertz CT molecular complexity index is 872. The van der Waals surface area contributed by atoms with Gasteiger partial charge in [0.1, 0.15) is 5.60 Å². The first-order chi connectivity index (χ1) is 11.0. The fourth-order valence-electron chi connectivity index (χ4n) is 1.81. The van der Waals surface area contributed by atoms with E-state index in [1.807, 2.05) is 0 Å². The van der Waals surface area contributed by atoms with Crippen LogP contribution in [0.2, 0.25) is 5.02 Å². The van der Waals surface area contributed by atoms with Gasteiger partial charge in [0.05, 0.1) is 9.92 Å². The summed E-state index contributed by atoms with van der Waals surface area (Å²) in [4.78, 5) is 4.31. The molecule has 0 aliphatic heterocycles. The van der Waals surface area contributed by atoms with Crippen LogP contribution in [-0.4, -0.2) is 35.4 Å². The number of hydrogen-bond donors (Lipinski definition) is 1. The van der Waals surface area contributed by atoms with E-state index in [0.29, 0.717) is 16.1 Å². The number of halogens is 1. The van der Waals surface area contributed by atoms with Gasteiger partial charge in [-0.15, -0.1) is 0 Å². The van der Waals surface area contributed by atoms with Crippen molar-refractivity contribution < 1.29 is 18.3 Å². The molecule has 0 aliphatic carbocycles. The SMILES string of the molecule is CC(C)(O)C(=S)Oc1ncc(Cl)cc1-c1ccc(S(C)(=O)=O)cc1. The highest BCUT2D eigenvalue weighted by molar-refractivity contribution is 7.90. The molecule has 5 nitrogen and oxygen atoms in total. The molecule has 0 radical (unpaired) electrons. The highest BCUT2D eigenvalue weighted by Gasteiger charge is 2.23. The van der Waals surface area contributed by atoms with Gasteiger partial charge in [0, 0.05) is 18.0 Å². The van der Waals surface area contributed by atoms with E-state index in [1.54, 1.807) is 18.2 Å². The van der Waals surface area contributed by atoms with Crippen molar-refractivity contribution in [2.24, 2.45) is 0 Å². The monoisotopic (exact) mass is 385 g/mol. The zero-order valence-electron chi connectivity index (χ0n) is 13.3. The van der Waals surface area contributed by atoms with Gasteiger partial charge in [-0.25, -0.2) is 13.4 Å². The van der Waals surface area contributed by atoms with E-state index in [2.05, 4.69) is 4.98 Å². The fraction of sp³-hybridized carbons (Fsp3) is 0.250. The Morgan fingerprint density at radius 3 is 2.38 bits per heavy atom. The quantitative estimate of drug-likeness (QED) is 0.814. The molecule has 1 aromatic carbocycles. The van der Waals surface area contributed by atoms with Gasteiger partial charge < -0.3 is 9.84 Å². The summed E-state index contributed by atoms with van der Waals surface area (Å²) in [5, 5.41) is 10.3. The Kier molecular flexibility index (Phi) is 5.29. The fourth-order valence-corrected chi connectivity index (χ4v) is 2.68. The molecule has 0 aliphatic rings. The topological polar surface area (TPSA) is 76.5 Å². The molecule has 0 fully saturated rings. The van der Waals surface area contributed by atoms with Gasteiger partial charge in [-0.1, -0.05) is 23.7 Å². The molecular weight excluding hydrogens is 370 g/mol. The molecule has 8 heteroatoms. The van der Waals surface area contributed by atoms with Crippen LogP contribution in [0.25, 0.3) is 11.1 Å². The Morgan fingerprint density at radius 2 is 1.88 bits per heavy atom. The standard InChI is InChI=1S/C16H16ClNO4S2/c1-16(2,19)15(23)22-14-13(8-11(17)9-18-14)10-4-6-12(7-5-10)24(3,20)21/h4-9,19H,1-3H3. The Labute approximate surface area is 151 Å². The van der Waals surface area contributed by atoms with E-state index in [1.165, 1.54) is 32.2 Å². The van der Waals surface area contributed by atoms with Gasteiger partial charge in [-0.3, -0.25) is 0 Å². The summed E-state index contributed by atoms with van der Waals surface area (Å²) in [5.41, 5.74) is -0.117. The number of nitrogens with zero attached hydrogens (tertiary/aromatic N) is 1. The lowest BCUT2D eigenvalue weighted by molar-refractivity contribution is 0.138. The molecule has 0 unspecified atom stereocenters. The van der Waals surface area contributed by atoms with E-state index < -0.39 is 15.4 Å². The van der Waals surface area contributed by atoms with Crippen molar-refractivity contribution in [2.75, 3.05) is 6.26 Å². The van der Waals surface area contributed by atoms with Crippen molar-refractivity contribution >= 4 is 38.7 Å². The molecule has 0 atom stereocenters. The third-order valence-electron chi connectivity index (χ3n) is 3.10. The first-order valence-electron chi connectivity index (χ1n) is 6.89. The van der Waals surface area contributed by atoms with E-state index in [0.717, 1.165) is 6.26 Å². The summed E-state index contributed by atoms with van der Waals surface area (Å²) in [7, 11) is -3.29. The number of ether oxygens (including phenoxy) is 1. The van der Waals surface area contributed by atoms with Crippen molar-refractivity contribution in [3.8, 4) is 17.0 Å². The molecular formula is C16H16ClNO4S2. The summed E-state index contributed by atoms with van der Waals surface area (Å²) in [6.07, 6.45) is 2.54. The Balaban J connectivity index is 2.46. The van der Waals surface area contributed by atoms with Crippen LogP contribution in [0.15, 0.2) is 41.4 Å². The molecule has 0 spiro atoms. The van der Waals surface area contributed by atoms with Crippen LogP contribution in [0.1, 0.15) is 13.8 Å². The second-order valence-electron chi connectivity index (χ2n) is 5.75. The zero-order chi connectivity index (χ0) is 18.1. The number of aromatic nitrogens is 1. The molecule has 1 N–H and O–H groups in total. The minimum Gasteiger partial charge on any atom is -0.428 e. The van der Waals surface area contributed by atoms with Crippen molar-refractivity contribution in [3.05, 3.63) is 41.6 Å². The molecule has 2 aromatic rings. The average Bonchev–Trinajstić information content (AvgIpc) is 2.47. The number of pyridine rings is 1. The van der Waals surface area contributed by atoms with Crippen LogP contribution in [-0.2, 0) is 9.84 Å². The summed E-state index contributed by atoms with van der Waals surface area (Å²) < 4.78 is 28.6.